The highest BCUT2D eigenvalue weighted by atomic mass is 15.0. The van der Waals surface area contributed by atoms with E-state index in [0.717, 1.165) is 39.1 Å². The summed E-state index contributed by atoms with van der Waals surface area (Å²) in [5, 5.41) is 8.43. The smallest absolute Gasteiger partial charge is 0.160 e. The third kappa shape index (κ3) is 4.34. The molecule has 0 atom stereocenters. The Kier molecular flexibility index (Phi) is 6.22. The molecule has 3 aromatic heterocycles. The summed E-state index contributed by atoms with van der Waals surface area (Å²) in [6.45, 7) is 0. The van der Waals surface area contributed by atoms with Crippen LogP contribution in [0.4, 0.5) is 0 Å². The Labute approximate surface area is 299 Å². The summed E-state index contributed by atoms with van der Waals surface area (Å²) in [5.74, 6) is 0.716. The van der Waals surface area contributed by atoms with Crippen molar-refractivity contribution in [2.45, 2.75) is 0 Å². The van der Waals surface area contributed by atoms with Gasteiger partial charge in [0.05, 0.1) is 33.3 Å². The van der Waals surface area contributed by atoms with Crippen molar-refractivity contribution in [3.8, 4) is 34.0 Å². The summed E-state index contributed by atoms with van der Waals surface area (Å²) in [6.07, 6.45) is 0. The van der Waals surface area contributed by atoms with Gasteiger partial charge >= 0.3 is 0 Å². The number of benzene rings is 8. The Bertz CT molecular complexity index is 3160. The molecule has 0 fully saturated rings. The Morgan fingerprint density at radius 2 is 0.865 bits per heavy atom. The first kappa shape index (κ1) is 28.8. The number of para-hydroxylation sites is 3. The van der Waals surface area contributed by atoms with Crippen molar-refractivity contribution in [2.24, 2.45) is 0 Å². The maximum absolute atomic E-state index is 5.14. The highest BCUT2D eigenvalue weighted by Gasteiger charge is 2.19. The molecule has 0 aliphatic heterocycles. The molecule has 52 heavy (non-hydrogen) atoms. The maximum Gasteiger partial charge on any atom is 0.160 e. The van der Waals surface area contributed by atoms with Crippen molar-refractivity contribution in [3.63, 3.8) is 0 Å². The SMILES string of the molecule is c1ccc(-c2nc(-c3ccc(-n4c5cc6ccccc6cc5c5cc6c(cc54)c4ccccc4n6-c4ccccc4)cc3)nc3ccccc23)cc1. The summed E-state index contributed by atoms with van der Waals surface area (Å²) < 4.78 is 4.82. The highest BCUT2D eigenvalue weighted by Crippen LogP contribution is 2.41. The molecule has 3 heterocycles. The van der Waals surface area contributed by atoms with Crippen LogP contribution in [-0.4, -0.2) is 19.1 Å². The number of hydrogen-bond acceptors (Lipinski definition) is 2. The van der Waals surface area contributed by atoms with Crippen LogP contribution >= 0.6 is 0 Å². The second kappa shape index (κ2) is 11.2. The van der Waals surface area contributed by atoms with Crippen molar-refractivity contribution in [1.29, 1.82) is 0 Å². The van der Waals surface area contributed by atoms with E-state index >= 15 is 0 Å². The van der Waals surface area contributed by atoms with E-state index in [2.05, 4.69) is 179 Å². The first-order valence-electron chi connectivity index (χ1n) is 17.7. The Balaban J connectivity index is 1.16. The van der Waals surface area contributed by atoms with E-state index in [1.54, 1.807) is 0 Å². The zero-order valence-electron chi connectivity index (χ0n) is 28.1. The average Bonchev–Trinajstić information content (AvgIpc) is 3.70. The Morgan fingerprint density at radius 3 is 1.63 bits per heavy atom. The minimum Gasteiger partial charge on any atom is -0.309 e. The maximum atomic E-state index is 5.14. The first-order valence-corrected chi connectivity index (χ1v) is 17.7. The molecule has 0 aliphatic carbocycles. The summed E-state index contributed by atoms with van der Waals surface area (Å²) in [6, 6.07) is 64.9. The molecule has 0 saturated carbocycles. The van der Waals surface area contributed by atoms with E-state index < -0.39 is 0 Å². The monoisotopic (exact) mass is 662 g/mol. The number of fused-ring (bicyclic) bond motifs is 8. The van der Waals surface area contributed by atoms with Gasteiger partial charge in [0, 0.05) is 49.4 Å². The summed E-state index contributed by atoms with van der Waals surface area (Å²) in [5.41, 5.74) is 10.9. The zero-order valence-corrected chi connectivity index (χ0v) is 28.1. The highest BCUT2D eigenvalue weighted by molar-refractivity contribution is 6.20. The second-order valence-electron chi connectivity index (χ2n) is 13.5. The van der Waals surface area contributed by atoms with Gasteiger partial charge in [0.25, 0.3) is 0 Å². The molecule has 0 unspecified atom stereocenters. The van der Waals surface area contributed by atoms with Crippen LogP contribution in [0.25, 0.3) is 99.3 Å². The van der Waals surface area contributed by atoms with Crippen LogP contribution in [0, 0.1) is 0 Å². The van der Waals surface area contributed by atoms with Gasteiger partial charge in [-0.05, 0) is 83.6 Å². The van der Waals surface area contributed by atoms with Crippen molar-refractivity contribution < 1.29 is 0 Å². The van der Waals surface area contributed by atoms with Crippen molar-refractivity contribution in [3.05, 3.63) is 182 Å². The predicted molar refractivity (Wildman–Crippen MR) is 217 cm³/mol. The summed E-state index contributed by atoms with van der Waals surface area (Å²) in [7, 11) is 0. The lowest BCUT2D eigenvalue weighted by molar-refractivity contribution is 1.17. The fourth-order valence-electron chi connectivity index (χ4n) is 8.08. The molecule has 4 heteroatoms. The van der Waals surface area contributed by atoms with E-state index in [9.17, 15) is 0 Å². The summed E-state index contributed by atoms with van der Waals surface area (Å²) >= 11 is 0. The third-order valence-electron chi connectivity index (χ3n) is 10.5. The molecular formula is C48H30N4. The summed E-state index contributed by atoms with van der Waals surface area (Å²) in [4.78, 5) is 10.2. The molecular weight excluding hydrogens is 633 g/mol. The van der Waals surface area contributed by atoms with Crippen molar-refractivity contribution in [2.75, 3.05) is 0 Å². The molecule has 0 radical (unpaired) electrons. The molecule has 4 nitrogen and oxygen atoms in total. The zero-order chi connectivity index (χ0) is 34.2. The topological polar surface area (TPSA) is 35.6 Å². The third-order valence-corrected chi connectivity index (χ3v) is 10.5. The van der Waals surface area contributed by atoms with Crippen LogP contribution in [0.5, 0.6) is 0 Å². The normalized spacial score (nSPS) is 11.8. The van der Waals surface area contributed by atoms with Gasteiger partial charge in [0.1, 0.15) is 0 Å². The van der Waals surface area contributed by atoms with Gasteiger partial charge in [-0.2, -0.15) is 0 Å². The minimum absolute atomic E-state index is 0.716. The van der Waals surface area contributed by atoms with Gasteiger partial charge in [0.2, 0.25) is 0 Å². The van der Waals surface area contributed by atoms with E-state index in [4.69, 9.17) is 9.97 Å². The quantitative estimate of drug-likeness (QED) is 0.188. The predicted octanol–water partition coefficient (Wildman–Crippen LogP) is 12.3. The van der Waals surface area contributed by atoms with Gasteiger partial charge in [-0.25, -0.2) is 9.97 Å². The van der Waals surface area contributed by atoms with E-state index in [-0.39, 0.29) is 0 Å². The fraction of sp³-hybridized carbons (Fsp3) is 0. The van der Waals surface area contributed by atoms with E-state index in [1.807, 2.05) is 12.1 Å². The van der Waals surface area contributed by atoms with Crippen LogP contribution in [-0.2, 0) is 0 Å². The second-order valence-corrected chi connectivity index (χ2v) is 13.5. The van der Waals surface area contributed by atoms with Crippen molar-refractivity contribution >= 4 is 65.3 Å². The molecule has 0 aliphatic rings. The fourth-order valence-corrected chi connectivity index (χ4v) is 8.08. The van der Waals surface area contributed by atoms with Gasteiger partial charge in [-0.1, -0.05) is 109 Å². The lowest BCUT2D eigenvalue weighted by atomic mass is 10.0. The van der Waals surface area contributed by atoms with Gasteiger partial charge < -0.3 is 9.13 Å². The van der Waals surface area contributed by atoms with Gasteiger partial charge in [-0.3, -0.25) is 0 Å². The number of aromatic nitrogens is 4. The number of rotatable bonds is 4. The average molecular weight is 663 g/mol. The minimum atomic E-state index is 0.716. The molecule has 0 N–H and O–H groups in total. The molecule has 0 spiro atoms. The van der Waals surface area contributed by atoms with Crippen LogP contribution in [0.2, 0.25) is 0 Å². The lowest BCUT2D eigenvalue weighted by Crippen LogP contribution is -1.97. The van der Waals surface area contributed by atoms with E-state index in [0.29, 0.717) is 5.82 Å². The molecule has 8 aromatic carbocycles. The molecule has 11 rings (SSSR count). The van der Waals surface area contributed by atoms with Crippen LogP contribution in [0.15, 0.2) is 182 Å². The first-order chi connectivity index (χ1) is 25.8. The van der Waals surface area contributed by atoms with Crippen molar-refractivity contribution in [1.82, 2.24) is 19.1 Å². The largest absolute Gasteiger partial charge is 0.309 e. The number of hydrogen-bond donors (Lipinski definition) is 0. The van der Waals surface area contributed by atoms with E-state index in [1.165, 1.54) is 54.4 Å². The standard InChI is InChI=1S/C48H30N4/c1-3-13-31(14-4-1)47-38-20-9-11-21-42(38)49-48(50-47)32-23-25-36(26-24-32)52-44-28-34-16-8-7-15-33(34)27-39(44)41-30-45-40(29-46(41)52)37-19-10-12-22-43(37)51(45)35-17-5-2-6-18-35/h1-30H. The Hall–Kier alpha value is -7.04. The molecule has 11 aromatic rings. The Morgan fingerprint density at radius 1 is 0.327 bits per heavy atom. The van der Waals surface area contributed by atoms with Crippen LogP contribution < -0.4 is 0 Å². The van der Waals surface area contributed by atoms with Gasteiger partial charge in [-0.15, -0.1) is 0 Å². The molecule has 0 saturated heterocycles. The van der Waals surface area contributed by atoms with Crippen LogP contribution in [0.1, 0.15) is 0 Å². The number of nitrogens with zero attached hydrogens (tertiary/aromatic N) is 4. The molecule has 0 amide bonds. The molecule has 0 bridgehead atoms. The lowest BCUT2D eigenvalue weighted by Gasteiger charge is -2.12. The molecule has 242 valence electrons. The van der Waals surface area contributed by atoms with Crippen LogP contribution in [0.3, 0.4) is 0 Å². The van der Waals surface area contributed by atoms with Gasteiger partial charge in [0.15, 0.2) is 5.82 Å².